The van der Waals surface area contributed by atoms with E-state index in [-0.39, 0.29) is 17.5 Å². The molecular weight excluding hydrogens is 305 g/mol. The lowest BCUT2D eigenvalue weighted by molar-refractivity contribution is -0.118. The SMILES string of the molecule is C=CCc1ccccc1OCC(=O)Nc1ccc(F)cc1Cl. The first kappa shape index (κ1) is 16.0. The molecule has 2 rings (SSSR count). The number of allylic oxidation sites excluding steroid dienone is 1. The number of benzene rings is 2. The molecule has 0 bridgehead atoms. The van der Waals surface area contributed by atoms with E-state index in [1.807, 2.05) is 18.2 Å². The van der Waals surface area contributed by atoms with E-state index in [1.165, 1.54) is 12.1 Å². The van der Waals surface area contributed by atoms with Crippen LogP contribution in [-0.4, -0.2) is 12.5 Å². The molecule has 22 heavy (non-hydrogen) atoms. The lowest BCUT2D eigenvalue weighted by Gasteiger charge is -2.11. The Morgan fingerprint density at radius 3 is 2.82 bits per heavy atom. The Bertz CT molecular complexity index is 688. The van der Waals surface area contributed by atoms with Crippen molar-refractivity contribution in [2.75, 3.05) is 11.9 Å². The fourth-order valence-electron chi connectivity index (χ4n) is 1.89. The average molecular weight is 320 g/mol. The molecule has 0 saturated carbocycles. The minimum atomic E-state index is -0.461. The number of anilines is 1. The molecule has 0 radical (unpaired) electrons. The summed E-state index contributed by atoms with van der Waals surface area (Å²) in [6.07, 6.45) is 2.42. The van der Waals surface area contributed by atoms with Crippen LogP contribution in [0.25, 0.3) is 0 Å². The van der Waals surface area contributed by atoms with Crippen molar-refractivity contribution < 1.29 is 13.9 Å². The Kier molecular flexibility index (Phi) is 5.55. The van der Waals surface area contributed by atoms with Crippen molar-refractivity contribution in [1.29, 1.82) is 0 Å². The van der Waals surface area contributed by atoms with E-state index in [0.29, 0.717) is 17.9 Å². The summed E-state index contributed by atoms with van der Waals surface area (Å²) in [5.74, 6) is -0.206. The molecule has 2 aromatic rings. The van der Waals surface area contributed by atoms with Crippen LogP contribution < -0.4 is 10.1 Å². The van der Waals surface area contributed by atoms with Gasteiger partial charge in [-0.3, -0.25) is 4.79 Å². The minimum Gasteiger partial charge on any atom is -0.483 e. The molecule has 0 atom stereocenters. The zero-order valence-electron chi connectivity index (χ0n) is 11.8. The molecule has 0 spiro atoms. The summed E-state index contributed by atoms with van der Waals surface area (Å²) in [6.45, 7) is 3.52. The second-order valence-corrected chi connectivity index (χ2v) is 4.97. The Morgan fingerprint density at radius 2 is 2.09 bits per heavy atom. The van der Waals surface area contributed by atoms with Crippen molar-refractivity contribution in [3.63, 3.8) is 0 Å². The highest BCUT2D eigenvalue weighted by Gasteiger charge is 2.09. The second-order valence-electron chi connectivity index (χ2n) is 4.56. The van der Waals surface area contributed by atoms with E-state index in [2.05, 4.69) is 11.9 Å². The van der Waals surface area contributed by atoms with E-state index in [9.17, 15) is 9.18 Å². The minimum absolute atomic E-state index is 0.139. The van der Waals surface area contributed by atoms with Crippen molar-refractivity contribution in [3.05, 3.63) is 71.5 Å². The van der Waals surface area contributed by atoms with Gasteiger partial charge in [0.25, 0.3) is 5.91 Å². The van der Waals surface area contributed by atoms with E-state index >= 15 is 0 Å². The molecular formula is C17H15ClFNO2. The lowest BCUT2D eigenvalue weighted by atomic mass is 10.1. The zero-order valence-corrected chi connectivity index (χ0v) is 12.6. The van der Waals surface area contributed by atoms with Gasteiger partial charge >= 0.3 is 0 Å². The Morgan fingerprint density at radius 1 is 1.32 bits per heavy atom. The highest BCUT2D eigenvalue weighted by molar-refractivity contribution is 6.33. The maximum absolute atomic E-state index is 12.9. The van der Waals surface area contributed by atoms with E-state index < -0.39 is 5.82 Å². The van der Waals surface area contributed by atoms with Crippen LogP contribution in [0.15, 0.2) is 55.1 Å². The highest BCUT2D eigenvalue weighted by Crippen LogP contribution is 2.23. The third-order valence-electron chi connectivity index (χ3n) is 2.90. The van der Waals surface area contributed by atoms with Gasteiger partial charge < -0.3 is 10.1 Å². The monoisotopic (exact) mass is 319 g/mol. The first-order valence-electron chi connectivity index (χ1n) is 6.66. The quantitative estimate of drug-likeness (QED) is 0.809. The Labute approximate surface area is 133 Å². The molecule has 3 nitrogen and oxygen atoms in total. The maximum Gasteiger partial charge on any atom is 0.262 e. The largest absolute Gasteiger partial charge is 0.483 e. The van der Waals surface area contributed by atoms with E-state index in [1.54, 1.807) is 12.1 Å². The molecule has 0 aliphatic rings. The standard InChI is InChI=1S/C17H15ClFNO2/c1-2-5-12-6-3-4-7-16(12)22-11-17(21)20-15-9-8-13(19)10-14(15)18/h2-4,6-10H,1,5,11H2,(H,20,21). The molecule has 5 heteroatoms. The predicted octanol–water partition coefficient (Wildman–Crippen LogP) is 4.23. The summed E-state index contributed by atoms with van der Waals surface area (Å²) in [5, 5.41) is 2.72. The number of rotatable bonds is 6. The van der Waals surface area contributed by atoms with Gasteiger partial charge in [0.15, 0.2) is 6.61 Å². The van der Waals surface area contributed by atoms with E-state index in [0.717, 1.165) is 11.6 Å². The number of hydrogen-bond acceptors (Lipinski definition) is 2. The Hall–Kier alpha value is -2.33. The molecule has 0 heterocycles. The van der Waals surface area contributed by atoms with Gasteiger partial charge in [0.05, 0.1) is 10.7 Å². The third-order valence-corrected chi connectivity index (χ3v) is 3.21. The number of ether oxygens (including phenoxy) is 1. The Balaban J connectivity index is 1.97. The first-order valence-corrected chi connectivity index (χ1v) is 7.04. The summed E-state index contributed by atoms with van der Waals surface area (Å²) in [4.78, 5) is 11.9. The molecule has 114 valence electrons. The van der Waals surface area contributed by atoms with Gasteiger partial charge in [-0.2, -0.15) is 0 Å². The zero-order chi connectivity index (χ0) is 15.9. The smallest absolute Gasteiger partial charge is 0.262 e. The van der Waals surface area contributed by atoms with Gasteiger partial charge in [0, 0.05) is 0 Å². The van der Waals surface area contributed by atoms with Crippen molar-refractivity contribution in [3.8, 4) is 5.75 Å². The number of carbonyl (C=O) groups excluding carboxylic acids is 1. The first-order chi connectivity index (χ1) is 10.6. The normalized spacial score (nSPS) is 10.1. The molecule has 0 aliphatic heterocycles. The maximum atomic E-state index is 12.9. The summed E-state index contributed by atoms with van der Waals surface area (Å²) in [7, 11) is 0. The summed E-state index contributed by atoms with van der Waals surface area (Å²) >= 11 is 5.85. The summed E-state index contributed by atoms with van der Waals surface area (Å²) in [6, 6.07) is 11.2. The molecule has 0 aromatic heterocycles. The number of halogens is 2. The number of para-hydroxylation sites is 1. The predicted molar refractivity (Wildman–Crippen MR) is 85.9 cm³/mol. The molecule has 1 N–H and O–H groups in total. The molecule has 1 amide bonds. The van der Waals surface area contributed by atoms with Crippen LogP contribution in [0.5, 0.6) is 5.75 Å². The number of hydrogen-bond donors (Lipinski definition) is 1. The average Bonchev–Trinajstić information content (AvgIpc) is 2.49. The van der Waals surface area contributed by atoms with Crippen molar-refractivity contribution in [1.82, 2.24) is 0 Å². The van der Waals surface area contributed by atoms with Crippen LogP contribution in [0.3, 0.4) is 0 Å². The van der Waals surface area contributed by atoms with E-state index in [4.69, 9.17) is 16.3 Å². The van der Waals surface area contributed by atoms with Crippen molar-refractivity contribution in [2.24, 2.45) is 0 Å². The van der Waals surface area contributed by atoms with Crippen LogP contribution >= 0.6 is 11.6 Å². The summed E-state index contributed by atoms with van der Waals surface area (Å²) < 4.78 is 18.5. The molecule has 0 saturated heterocycles. The molecule has 0 aliphatic carbocycles. The van der Waals surface area contributed by atoms with Crippen LogP contribution in [0, 0.1) is 5.82 Å². The second kappa shape index (κ2) is 7.61. The van der Waals surface area contributed by atoms with Crippen molar-refractivity contribution in [2.45, 2.75) is 6.42 Å². The van der Waals surface area contributed by atoms with Crippen molar-refractivity contribution >= 4 is 23.2 Å². The van der Waals surface area contributed by atoms with Crippen LogP contribution in [0.1, 0.15) is 5.56 Å². The topological polar surface area (TPSA) is 38.3 Å². The van der Waals surface area contributed by atoms with Gasteiger partial charge in [0.2, 0.25) is 0 Å². The van der Waals surface area contributed by atoms with Gasteiger partial charge in [-0.1, -0.05) is 35.9 Å². The van der Waals surface area contributed by atoms with Gasteiger partial charge in [-0.25, -0.2) is 4.39 Å². The fourth-order valence-corrected chi connectivity index (χ4v) is 2.10. The van der Waals surface area contributed by atoms with Gasteiger partial charge in [-0.15, -0.1) is 6.58 Å². The third kappa shape index (κ3) is 4.33. The van der Waals surface area contributed by atoms with Crippen LogP contribution in [0.4, 0.5) is 10.1 Å². The number of amides is 1. The number of nitrogens with one attached hydrogen (secondary N) is 1. The fraction of sp³-hybridized carbons (Fsp3) is 0.118. The molecule has 2 aromatic carbocycles. The van der Waals surface area contributed by atoms with Gasteiger partial charge in [-0.05, 0) is 36.2 Å². The van der Waals surface area contributed by atoms with Crippen LogP contribution in [-0.2, 0) is 11.2 Å². The lowest BCUT2D eigenvalue weighted by Crippen LogP contribution is -2.20. The van der Waals surface area contributed by atoms with Gasteiger partial charge in [0.1, 0.15) is 11.6 Å². The highest BCUT2D eigenvalue weighted by atomic mass is 35.5. The molecule has 0 fully saturated rings. The summed E-state index contributed by atoms with van der Waals surface area (Å²) in [5.41, 5.74) is 1.29. The number of carbonyl (C=O) groups is 1. The molecule has 0 unspecified atom stereocenters. The van der Waals surface area contributed by atoms with Crippen LogP contribution in [0.2, 0.25) is 5.02 Å².